The number of allylic oxidation sites excluding steroid dienone is 2. The molecule has 166 valence electrons. The molecule has 1 heterocycles. The molecule has 2 aromatic rings. The van der Waals surface area contributed by atoms with Crippen LogP contribution < -0.4 is 10.5 Å². The van der Waals surface area contributed by atoms with Gasteiger partial charge in [-0.25, -0.2) is 9.18 Å². The number of halogens is 3. The van der Waals surface area contributed by atoms with Crippen LogP contribution in [-0.4, -0.2) is 12.6 Å². The van der Waals surface area contributed by atoms with Gasteiger partial charge in [-0.15, -0.1) is 0 Å². The van der Waals surface area contributed by atoms with Gasteiger partial charge in [0.25, 0.3) is 0 Å². The molecule has 1 aliphatic heterocycles. The first-order chi connectivity index (χ1) is 15.3. The zero-order valence-electron chi connectivity index (χ0n) is 17.2. The number of nitriles is 1. The highest BCUT2D eigenvalue weighted by molar-refractivity contribution is 6.31. The predicted octanol–water partition coefficient (Wildman–Crippen LogP) is 5.36. The van der Waals surface area contributed by atoms with Crippen LogP contribution in [-0.2, 0) is 20.9 Å². The van der Waals surface area contributed by atoms with Gasteiger partial charge in [-0.2, -0.15) is 5.26 Å². The van der Waals surface area contributed by atoms with Crippen LogP contribution in [0.15, 0.2) is 59.2 Å². The van der Waals surface area contributed by atoms with Gasteiger partial charge in [0.15, 0.2) is 0 Å². The third-order valence-electron chi connectivity index (χ3n) is 4.82. The standard InChI is InChI=1S/C23H19Cl2FN2O4/c1-3-30-23(29)20-12(2)32-22(28)15(10-27)21(20)14-9-13(24)7-8-19(14)31-11-16-17(25)5-4-6-18(16)26/h4-9,21H,3,11,28H2,1-2H3. The van der Waals surface area contributed by atoms with E-state index >= 15 is 0 Å². The molecule has 3 rings (SSSR count). The Morgan fingerprint density at radius 1 is 1.31 bits per heavy atom. The van der Waals surface area contributed by atoms with E-state index in [1.807, 2.05) is 6.07 Å². The number of rotatable bonds is 6. The number of carbonyl (C=O) groups excluding carboxylic acids is 1. The molecule has 0 bridgehead atoms. The normalized spacial score (nSPS) is 15.8. The number of nitrogens with zero attached hydrogens (tertiary/aromatic N) is 1. The molecule has 1 atom stereocenters. The number of esters is 1. The van der Waals surface area contributed by atoms with E-state index in [-0.39, 0.29) is 52.3 Å². The molecule has 0 radical (unpaired) electrons. The number of benzene rings is 2. The monoisotopic (exact) mass is 476 g/mol. The molecule has 0 aromatic heterocycles. The largest absolute Gasteiger partial charge is 0.488 e. The van der Waals surface area contributed by atoms with E-state index in [0.29, 0.717) is 10.6 Å². The lowest BCUT2D eigenvalue weighted by Crippen LogP contribution is -2.26. The summed E-state index contributed by atoms with van der Waals surface area (Å²) in [7, 11) is 0. The summed E-state index contributed by atoms with van der Waals surface area (Å²) in [6, 6.07) is 11.0. The van der Waals surface area contributed by atoms with Crippen LogP contribution in [0.5, 0.6) is 5.75 Å². The van der Waals surface area contributed by atoms with Gasteiger partial charge in [0.2, 0.25) is 5.88 Å². The maximum absolute atomic E-state index is 14.2. The Balaban J connectivity index is 2.11. The second kappa shape index (κ2) is 9.94. The first kappa shape index (κ1) is 23.5. The zero-order chi connectivity index (χ0) is 23.4. The lowest BCUT2D eigenvalue weighted by atomic mass is 9.82. The molecule has 0 saturated carbocycles. The Hall–Kier alpha value is -3.21. The smallest absolute Gasteiger partial charge is 0.338 e. The fourth-order valence-electron chi connectivity index (χ4n) is 3.36. The quantitative estimate of drug-likeness (QED) is 0.564. The summed E-state index contributed by atoms with van der Waals surface area (Å²) in [5.41, 5.74) is 6.56. The first-order valence-electron chi connectivity index (χ1n) is 9.59. The molecule has 1 aliphatic rings. The van der Waals surface area contributed by atoms with Crippen molar-refractivity contribution in [3.05, 3.63) is 86.2 Å². The van der Waals surface area contributed by atoms with Gasteiger partial charge in [-0.3, -0.25) is 0 Å². The zero-order valence-corrected chi connectivity index (χ0v) is 18.8. The second-order valence-corrected chi connectivity index (χ2v) is 7.63. The van der Waals surface area contributed by atoms with Crippen molar-refractivity contribution >= 4 is 29.2 Å². The van der Waals surface area contributed by atoms with Crippen molar-refractivity contribution in [3.8, 4) is 11.8 Å². The minimum absolute atomic E-state index is 0.00491. The Labute approximate surface area is 194 Å². The van der Waals surface area contributed by atoms with E-state index in [1.165, 1.54) is 12.1 Å². The highest BCUT2D eigenvalue weighted by Crippen LogP contribution is 2.44. The molecule has 6 nitrogen and oxygen atoms in total. The summed E-state index contributed by atoms with van der Waals surface area (Å²) in [5.74, 6) is -1.85. The summed E-state index contributed by atoms with van der Waals surface area (Å²) < 4.78 is 30.7. The van der Waals surface area contributed by atoms with E-state index in [9.17, 15) is 14.4 Å². The Bertz CT molecular complexity index is 1150. The van der Waals surface area contributed by atoms with Gasteiger partial charge in [0.1, 0.15) is 35.6 Å². The van der Waals surface area contributed by atoms with Gasteiger partial charge in [-0.05, 0) is 44.2 Å². The average Bonchev–Trinajstić information content (AvgIpc) is 2.73. The maximum Gasteiger partial charge on any atom is 0.338 e. The topological polar surface area (TPSA) is 94.6 Å². The average molecular weight is 477 g/mol. The van der Waals surface area contributed by atoms with Gasteiger partial charge >= 0.3 is 5.97 Å². The number of hydrogen-bond donors (Lipinski definition) is 1. The molecule has 32 heavy (non-hydrogen) atoms. The third kappa shape index (κ3) is 4.67. The summed E-state index contributed by atoms with van der Waals surface area (Å²) in [4.78, 5) is 12.8. The van der Waals surface area contributed by atoms with Crippen molar-refractivity contribution in [3.63, 3.8) is 0 Å². The number of hydrogen-bond acceptors (Lipinski definition) is 6. The minimum Gasteiger partial charge on any atom is -0.488 e. The lowest BCUT2D eigenvalue weighted by molar-refractivity contribution is -0.139. The van der Waals surface area contributed by atoms with Crippen LogP contribution >= 0.6 is 23.2 Å². The van der Waals surface area contributed by atoms with Crippen molar-refractivity contribution in [1.29, 1.82) is 5.26 Å². The maximum atomic E-state index is 14.2. The predicted molar refractivity (Wildman–Crippen MR) is 117 cm³/mol. The van der Waals surface area contributed by atoms with E-state index < -0.39 is 17.7 Å². The summed E-state index contributed by atoms with van der Waals surface area (Å²) in [6.07, 6.45) is 0. The second-order valence-electron chi connectivity index (χ2n) is 6.79. The van der Waals surface area contributed by atoms with E-state index in [0.717, 1.165) is 0 Å². The minimum atomic E-state index is -0.961. The molecule has 0 saturated heterocycles. The summed E-state index contributed by atoms with van der Waals surface area (Å²) in [6.45, 7) is 3.13. The molecule has 0 amide bonds. The summed E-state index contributed by atoms with van der Waals surface area (Å²) >= 11 is 12.3. The number of carbonyl (C=O) groups is 1. The molecule has 9 heteroatoms. The summed E-state index contributed by atoms with van der Waals surface area (Å²) in [5, 5.41) is 10.3. The molecular formula is C23H19Cl2FN2O4. The molecular weight excluding hydrogens is 458 g/mol. The third-order valence-corrected chi connectivity index (χ3v) is 5.41. The number of nitrogens with two attached hydrogens (primary N) is 1. The Kier molecular flexibility index (Phi) is 7.29. The molecule has 0 spiro atoms. The van der Waals surface area contributed by atoms with Crippen LogP contribution in [0.4, 0.5) is 4.39 Å². The van der Waals surface area contributed by atoms with Crippen LogP contribution in [0.3, 0.4) is 0 Å². The fourth-order valence-corrected chi connectivity index (χ4v) is 3.76. The van der Waals surface area contributed by atoms with Gasteiger partial charge < -0.3 is 19.9 Å². The Morgan fingerprint density at radius 3 is 2.72 bits per heavy atom. The van der Waals surface area contributed by atoms with Gasteiger partial charge in [-0.1, -0.05) is 29.3 Å². The molecule has 2 N–H and O–H groups in total. The van der Waals surface area contributed by atoms with E-state index in [1.54, 1.807) is 38.1 Å². The van der Waals surface area contributed by atoms with Crippen LogP contribution in [0, 0.1) is 17.1 Å². The lowest BCUT2D eigenvalue weighted by Gasteiger charge is -2.28. The highest BCUT2D eigenvalue weighted by atomic mass is 35.5. The van der Waals surface area contributed by atoms with E-state index in [2.05, 4.69) is 0 Å². The van der Waals surface area contributed by atoms with Crippen molar-refractivity contribution in [1.82, 2.24) is 0 Å². The Morgan fingerprint density at radius 2 is 2.06 bits per heavy atom. The molecule has 1 unspecified atom stereocenters. The van der Waals surface area contributed by atoms with Crippen molar-refractivity contribution in [2.75, 3.05) is 6.61 Å². The molecule has 0 aliphatic carbocycles. The van der Waals surface area contributed by atoms with E-state index in [4.69, 9.17) is 43.1 Å². The van der Waals surface area contributed by atoms with Crippen molar-refractivity contribution in [2.45, 2.75) is 26.4 Å². The molecule has 2 aromatic carbocycles. The van der Waals surface area contributed by atoms with Crippen LogP contribution in [0.2, 0.25) is 10.0 Å². The highest BCUT2D eigenvalue weighted by Gasteiger charge is 2.38. The number of ether oxygens (including phenoxy) is 3. The fraction of sp³-hybridized carbons (Fsp3) is 0.217. The van der Waals surface area contributed by atoms with Crippen LogP contribution in [0.1, 0.15) is 30.9 Å². The van der Waals surface area contributed by atoms with Gasteiger partial charge in [0, 0.05) is 16.1 Å². The SMILES string of the molecule is CCOC(=O)C1=C(C)OC(N)=C(C#N)C1c1cc(Cl)ccc1OCc1c(F)cccc1Cl. The first-order valence-corrected chi connectivity index (χ1v) is 10.3. The van der Waals surface area contributed by atoms with Crippen molar-refractivity contribution in [2.24, 2.45) is 5.73 Å². The molecule has 0 fully saturated rings. The van der Waals surface area contributed by atoms with Gasteiger partial charge in [0.05, 0.1) is 23.1 Å². The van der Waals surface area contributed by atoms with Crippen molar-refractivity contribution < 1.29 is 23.4 Å². The van der Waals surface area contributed by atoms with Crippen LogP contribution in [0.25, 0.3) is 0 Å².